The smallest absolute Gasteiger partial charge is 0.171 e. The second-order valence-corrected chi connectivity index (χ2v) is 11.5. The lowest BCUT2D eigenvalue weighted by Crippen LogP contribution is -2.25. The molecule has 0 amide bonds. The molecule has 3 saturated carbocycles. The number of allylic oxidation sites excluding steroid dienone is 1. The number of hydrogen-bond acceptors (Lipinski definition) is 0. The molecule has 1 aromatic rings. The van der Waals surface area contributed by atoms with E-state index in [4.69, 9.17) is 11.6 Å². The summed E-state index contributed by atoms with van der Waals surface area (Å²) in [5.74, 6) is 9.87. The summed E-state index contributed by atoms with van der Waals surface area (Å²) in [5, 5.41) is 0. The Labute approximate surface area is 215 Å². The minimum absolute atomic E-state index is 0.0539. The average molecular weight is 505 g/mol. The van der Waals surface area contributed by atoms with Crippen LogP contribution >= 0.6 is 11.6 Å². The van der Waals surface area contributed by atoms with Gasteiger partial charge in [0.15, 0.2) is 0 Å². The van der Waals surface area contributed by atoms with Crippen LogP contribution in [0.1, 0.15) is 113 Å². The van der Waals surface area contributed by atoms with Gasteiger partial charge in [-0.1, -0.05) is 47.9 Å². The van der Waals surface area contributed by atoms with Gasteiger partial charge in [-0.2, -0.15) is 13.2 Å². The number of benzene rings is 1. The monoisotopic (exact) mass is 504 g/mol. The zero-order valence-corrected chi connectivity index (χ0v) is 21.6. The Kier molecular flexibility index (Phi) is 9.68. The van der Waals surface area contributed by atoms with E-state index in [1.54, 1.807) is 5.54 Å². The summed E-state index contributed by atoms with van der Waals surface area (Å²) in [6, 6.07) is 9.57. The third kappa shape index (κ3) is 8.04. The molecule has 0 N–H and O–H groups in total. The molecule has 192 valence electrons. The summed E-state index contributed by atoms with van der Waals surface area (Å²) in [7, 11) is 0. The normalized spacial score (nSPS) is 32.2. The van der Waals surface area contributed by atoms with Gasteiger partial charge in [-0.05, 0) is 118 Å². The molecule has 0 aromatic heterocycles. The summed E-state index contributed by atoms with van der Waals surface area (Å²) in [5.41, 5.74) is 4.71. The molecular formula is C31H40ClF3. The molecular weight excluding hydrogens is 465 g/mol. The highest BCUT2D eigenvalue weighted by Gasteiger charge is 2.31. The second kappa shape index (κ2) is 12.7. The molecule has 0 bridgehead atoms. The fourth-order valence-electron chi connectivity index (χ4n) is 6.87. The van der Waals surface area contributed by atoms with E-state index in [1.165, 1.54) is 75.3 Å². The highest BCUT2D eigenvalue weighted by atomic mass is 35.5. The zero-order chi connectivity index (χ0) is 24.7. The van der Waals surface area contributed by atoms with E-state index in [0.29, 0.717) is 23.7 Å². The van der Waals surface area contributed by atoms with Gasteiger partial charge in [0, 0.05) is 17.9 Å². The van der Waals surface area contributed by atoms with E-state index in [1.807, 2.05) is 0 Å². The van der Waals surface area contributed by atoms with Crippen molar-refractivity contribution in [3.8, 4) is 11.8 Å². The SMILES string of the molecule is FC(F)(F)CCC#CC1CCC(C2CCC(c3ccc(C4CCC(/C=C/Cl)CC4)cc3)CC2)CC1. The van der Waals surface area contributed by atoms with Crippen LogP contribution in [0.4, 0.5) is 13.2 Å². The Bertz CT molecular complexity index is 851. The van der Waals surface area contributed by atoms with Crippen LogP contribution in [0.25, 0.3) is 0 Å². The van der Waals surface area contributed by atoms with Crippen molar-refractivity contribution in [2.24, 2.45) is 23.7 Å². The molecule has 3 aliphatic carbocycles. The molecule has 3 aliphatic rings. The van der Waals surface area contributed by atoms with Gasteiger partial charge in [0.1, 0.15) is 0 Å². The predicted octanol–water partition coefficient (Wildman–Crippen LogP) is 10.1. The number of alkyl halides is 3. The van der Waals surface area contributed by atoms with Crippen LogP contribution in [0.2, 0.25) is 0 Å². The lowest BCUT2D eigenvalue weighted by atomic mass is 9.68. The van der Waals surface area contributed by atoms with Crippen molar-refractivity contribution in [2.45, 2.75) is 108 Å². The summed E-state index contributed by atoms with van der Waals surface area (Å²) in [4.78, 5) is 0. The van der Waals surface area contributed by atoms with Gasteiger partial charge in [0.25, 0.3) is 0 Å². The molecule has 35 heavy (non-hydrogen) atoms. The largest absolute Gasteiger partial charge is 0.390 e. The van der Waals surface area contributed by atoms with Crippen LogP contribution in [0.5, 0.6) is 0 Å². The first-order valence-corrected chi connectivity index (χ1v) is 14.3. The maximum Gasteiger partial charge on any atom is 0.390 e. The average Bonchev–Trinajstić information content (AvgIpc) is 2.87. The number of halogens is 4. The second-order valence-electron chi connectivity index (χ2n) is 11.3. The molecule has 0 saturated heterocycles. The fourth-order valence-corrected chi connectivity index (χ4v) is 7.07. The van der Waals surface area contributed by atoms with Crippen molar-refractivity contribution in [1.29, 1.82) is 0 Å². The minimum Gasteiger partial charge on any atom is -0.171 e. The van der Waals surface area contributed by atoms with Gasteiger partial charge in [0.05, 0.1) is 6.42 Å². The fraction of sp³-hybridized carbons (Fsp3) is 0.677. The third-order valence-corrected chi connectivity index (χ3v) is 9.19. The summed E-state index contributed by atoms with van der Waals surface area (Å²) in [6.45, 7) is 0. The van der Waals surface area contributed by atoms with E-state index in [-0.39, 0.29) is 6.42 Å². The van der Waals surface area contributed by atoms with Gasteiger partial charge in [-0.25, -0.2) is 0 Å². The molecule has 0 spiro atoms. The summed E-state index contributed by atoms with van der Waals surface area (Å²) < 4.78 is 36.8. The van der Waals surface area contributed by atoms with Gasteiger partial charge in [-0.15, -0.1) is 5.92 Å². The van der Waals surface area contributed by atoms with Crippen LogP contribution in [0.3, 0.4) is 0 Å². The number of hydrogen-bond donors (Lipinski definition) is 0. The van der Waals surface area contributed by atoms with E-state index >= 15 is 0 Å². The van der Waals surface area contributed by atoms with Crippen molar-refractivity contribution in [2.75, 3.05) is 0 Å². The van der Waals surface area contributed by atoms with Gasteiger partial charge >= 0.3 is 6.18 Å². The van der Waals surface area contributed by atoms with Gasteiger partial charge in [-0.3, -0.25) is 0 Å². The number of rotatable bonds is 5. The first-order valence-electron chi connectivity index (χ1n) is 13.8. The predicted molar refractivity (Wildman–Crippen MR) is 139 cm³/mol. The first-order chi connectivity index (χ1) is 16.9. The van der Waals surface area contributed by atoms with Crippen LogP contribution in [-0.2, 0) is 0 Å². The maximum atomic E-state index is 12.3. The van der Waals surface area contributed by atoms with Gasteiger partial charge < -0.3 is 0 Å². The van der Waals surface area contributed by atoms with E-state index in [9.17, 15) is 13.2 Å². The molecule has 0 nitrogen and oxygen atoms in total. The topological polar surface area (TPSA) is 0 Å². The van der Waals surface area contributed by atoms with E-state index in [0.717, 1.165) is 24.7 Å². The molecule has 0 radical (unpaired) electrons. The Morgan fingerprint density at radius 3 is 1.71 bits per heavy atom. The van der Waals surface area contributed by atoms with Crippen molar-refractivity contribution >= 4 is 11.6 Å². The highest BCUT2D eigenvalue weighted by Crippen LogP contribution is 2.44. The quantitative estimate of drug-likeness (QED) is 0.350. The molecule has 4 heteroatoms. The molecule has 1 aromatic carbocycles. The Hall–Kier alpha value is -1.40. The molecule has 0 heterocycles. The van der Waals surface area contributed by atoms with Gasteiger partial charge in [0.2, 0.25) is 0 Å². The Morgan fingerprint density at radius 1 is 0.743 bits per heavy atom. The first kappa shape index (κ1) is 26.7. The van der Waals surface area contributed by atoms with Crippen LogP contribution in [0, 0.1) is 35.5 Å². The lowest BCUT2D eigenvalue weighted by molar-refractivity contribution is -0.133. The van der Waals surface area contributed by atoms with Crippen molar-refractivity contribution in [3.05, 3.63) is 47.0 Å². The highest BCUT2D eigenvalue weighted by molar-refractivity contribution is 6.25. The standard InChI is InChI=1S/C31H40ClF3/c32-22-20-24-6-10-26(11-7-24)28-14-18-30(19-15-28)29-16-12-27(13-17-29)25-8-4-23(5-9-25)3-1-2-21-31(33,34)35/h14-15,18-20,22-27,29H,2,4-13,16-17,21H2/b22-20+. The van der Waals surface area contributed by atoms with Crippen molar-refractivity contribution < 1.29 is 13.2 Å². The Balaban J connectivity index is 1.18. The zero-order valence-electron chi connectivity index (χ0n) is 20.8. The molecule has 3 fully saturated rings. The van der Waals surface area contributed by atoms with Crippen LogP contribution in [0.15, 0.2) is 35.9 Å². The lowest BCUT2D eigenvalue weighted by Gasteiger charge is -2.37. The van der Waals surface area contributed by atoms with Crippen LogP contribution < -0.4 is 0 Å². The van der Waals surface area contributed by atoms with Crippen LogP contribution in [-0.4, -0.2) is 6.18 Å². The molecule has 0 atom stereocenters. The van der Waals surface area contributed by atoms with E-state index < -0.39 is 12.6 Å². The maximum absolute atomic E-state index is 12.3. The van der Waals surface area contributed by atoms with Crippen molar-refractivity contribution in [3.63, 3.8) is 0 Å². The third-order valence-electron chi connectivity index (χ3n) is 9.05. The molecule has 4 rings (SSSR count). The summed E-state index contributed by atoms with van der Waals surface area (Å²) >= 11 is 5.76. The van der Waals surface area contributed by atoms with Crippen molar-refractivity contribution in [1.82, 2.24) is 0 Å². The Morgan fingerprint density at radius 2 is 1.23 bits per heavy atom. The molecule has 0 unspecified atom stereocenters. The molecule has 0 aliphatic heterocycles. The van der Waals surface area contributed by atoms with E-state index in [2.05, 4.69) is 42.2 Å². The summed E-state index contributed by atoms with van der Waals surface area (Å²) in [6.07, 6.45) is 12.0. The minimum atomic E-state index is -4.09.